The zero-order chi connectivity index (χ0) is 23.9. The molecule has 0 spiro atoms. The van der Waals surface area contributed by atoms with Crippen molar-refractivity contribution in [3.05, 3.63) is 0 Å². The molecule has 0 aliphatic carbocycles. The Hall–Kier alpha value is -0.160. The molecular formula is C21H43NO8PS-. The maximum atomic E-state index is 11.8. The first-order chi connectivity index (χ1) is 15.4. The molecule has 1 N–H and O–H groups in total. The lowest BCUT2D eigenvalue weighted by Gasteiger charge is -2.29. The highest BCUT2D eigenvalue weighted by atomic mass is 32.5. The summed E-state index contributed by atoms with van der Waals surface area (Å²) in [4.78, 5) is 23.5. The molecule has 0 aromatic rings. The minimum absolute atomic E-state index is 0.0224. The van der Waals surface area contributed by atoms with Crippen LogP contribution in [-0.2, 0) is 44.6 Å². The molecule has 1 unspecified atom stereocenters. The number of ether oxygens (including phenoxy) is 4. The van der Waals surface area contributed by atoms with Crippen molar-refractivity contribution in [3.63, 3.8) is 0 Å². The van der Waals surface area contributed by atoms with Crippen LogP contribution in [0.25, 0.3) is 0 Å². The van der Waals surface area contributed by atoms with Crippen molar-refractivity contribution in [1.29, 1.82) is 0 Å². The van der Waals surface area contributed by atoms with Crippen molar-refractivity contribution in [2.75, 3.05) is 66.0 Å². The molecular weight excluding hydrogens is 457 g/mol. The fourth-order valence-corrected chi connectivity index (χ4v) is 4.10. The standard InChI is InChI=1S/C21H44NO8PS/c1-4-11-25-14-16-27-18-19-28-17-15-26-13-9-21(23)22-10-7-5-6-8-12-29-31(24,32)30-20(2)3/h20H,4-19H2,1-3H3,(H,22,23)(H,24,32)/p-1. The normalized spacial score (nSPS) is 13.4. The molecule has 1 atom stereocenters. The van der Waals surface area contributed by atoms with Gasteiger partial charge in [0.25, 0.3) is 0 Å². The summed E-state index contributed by atoms with van der Waals surface area (Å²) >= 11 is 4.80. The third kappa shape index (κ3) is 24.5. The summed E-state index contributed by atoms with van der Waals surface area (Å²) in [5.41, 5.74) is 0. The maximum Gasteiger partial charge on any atom is 0.222 e. The summed E-state index contributed by atoms with van der Waals surface area (Å²) in [6, 6.07) is 0. The van der Waals surface area contributed by atoms with Crippen molar-refractivity contribution >= 4 is 24.4 Å². The highest BCUT2D eigenvalue weighted by Gasteiger charge is 2.06. The van der Waals surface area contributed by atoms with E-state index in [-0.39, 0.29) is 12.0 Å². The number of hydrogen-bond donors (Lipinski definition) is 1. The van der Waals surface area contributed by atoms with Crippen LogP contribution in [-0.4, -0.2) is 78.0 Å². The van der Waals surface area contributed by atoms with Crippen molar-refractivity contribution in [1.82, 2.24) is 5.32 Å². The molecule has 0 heterocycles. The second-order valence-corrected chi connectivity index (χ2v) is 10.1. The Morgan fingerprint density at radius 1 is 0.844 bits per heavy atom. The Bertz CT molecular complexity index is 485. The van der Waals surface area contributed by atoms with Crippen LogP contribution in [0, 0.1) is 0 Å². The van der Waals surface area contributed by atoms with Crippen LogP contribution in [0.3, 0.4) is 0 Å². The number of nitrogens with one attached hydrogen (secondary N) is 1. The van der Waals surface area contributed by atoms with Crippen LogP contribution in [0.5, 0.6) is 0 Å². The van der Waals surface area contributed by atoms with Gasteiger partial charge in [-0.25, -0.2) is 0 Å². The highest BCUT2D eigenvalue weighted by Crippen LogP contribution is 2.40. The number of unbranched alkanes of at least 4 members (excludes halogenated alkanes) is 3. The van der Waals surface area contributed by atoms with Gasteiger partial charge in [0, 0.05) is 19.6 Å². The van der Waals surface area contributed by atoms with Gasteiger partial charge in [-0.2, -0.15) is 0 Å². The molecule has 0 rings (SSSR count). The molecule has 1 amide bonds. The summed E-state index contributed by atoms with van der Waals surface area (Å²) in [6.45, 7) is 7.51. The maximum absolute atomic E-state index is 11.8. The second-order valence-electron chi connectivity index (χ2n) is 7.40. The Labute approximate surface area is 199 Å². The minimum atomic E-state index is -3.36. The van der Waals surface area contributed by atoms with E-state index < -0.39 is 6.72 Å². The zero-order valence-corrected chi connectivity index (χ0v) is 21.7. The lowest BCUT2D eigenvalue weighted by atomic mass is 10.2. The first kappa shape index (κ1) is 31.8. The fraction of sp³-hybridized carbons (Fsp3) is 0.952. The SMILES string of the molecule is CCCOCCOCCOCCOCCC(=O)NCCCCCCOP([O-])(=S)OC(C)C. The van der Waals surface area contributed by atoms with Gasteiger partial charge >= 0.3 is 0 Å². The molecule has 9 nitrogen and oxygen atoms in total. The first-order valence-corrected chi connectivity index (χ1v) is 14.1. The molecule has 0 saturated heterocycles. The Kier molecular flexibility index (Phi) is 22.5. The Balaban J connectivity index is 3.30. The number of hydrogen-bond acceptors (Lipinski definition) is 9. The van der Waals surface area contributed by atoms with Crippen molar-refractivity contribution < 1.29 is 37.7 Å². The van der Waals surface area contributed by atoms with Crippen LogP contribution in [0.1, 0.15) is 59.3 Å². The highest BCUT2D eigenvalue weighted by molar-refractivity contribution is 8.06. The molecule has 11 heteroatoms. The van der Waals surface area contributed by atoms with Gasteiger partial charge in [0.2, 0.25) is 5.91 Å². The summed E-state index contributed by atoms with van der Waals surface area (Å²) in [5.74, 6) is -0.0224. The summed E-state index contributed by atoms with van der Waals surface area (Å²) in [5, 5.41) is 2.87. The summed E-state index contributed by atoms with van der Waals surface area (Å²) < 4.78 is 31.7. The van der Waals surface area contributed by atoms with E-state index in [1.54, 1.807) is 13.8 Å². The molecule has 0 fully saturated rings. The van der Waals surface area contributed by atoms with Gasteiger partial charge in [-0.15, -0.1) is 0 Å². The first-order valence-electron chi connectivity index (χ1n) is 11.6. The van der Waals surface area contributed by atoms with E-state index in [0.717, 1.165) is 38.7 Å². The fourth-order valence-electron chi connectivity index (χ4n) is 2.43. The molecule has 0 aromatic carbocycles. The van der Waals surface area contributed by atoms with Gasteiger partial charge < -0.3 is 38.2 Å². The molecule has 32 heavy (non-hydrogen) atoms. The smallest absolute Gasteiger partial charge is 0.222 e. The second kappa shape index (κ2) is 22.6. The number of carbonyl (C=O) groups is 1. The van der Waals surface area contributed by atoms with Crippen molar-refractivity contribution in [3.8, 4) is 0 Å². The van der Waals surface area contributed by atoms with Gasteiger partial charge in [-0.3, -0.25) is 4.79 Å². The van der Waals surface area contributed by atoms with Crippen LogP contribution >= 0.6 is 6.72 Å². The van der Waals surface area contributed by atoms with Gasteiger partial charge in [-0.1, -0.05) is 31.6 Å². The van der Waals surface area contributed by atoms with E-state index in [2.05, 4.69) is 12.2 Å². The third-order valence-electron chi connectivity index (χ3n) is 3.92. The van der Waals surface area contributed by atoms with Crippen molar-refractivity contribution in [2.45, 2.75) is 65.4 Å². The van der Waals surface area contributed by atoms with Gasteiger partial charge in [0.1, 0.15) is 6.72 Å². The largest absolute Gasteiger partial charge is 0.780 e. The lowest BCUT2D eigenvalue weighted by Crippen LogP contribution is -2.25. The molecule has 0 aromatic heterocycles. The molecule has 0 bridgehead atoms. The minimum Gasteiger partial charge on any atom is -0.780 e. The van der Waals surface area contributed by atoms with Gasteiger partial charge in [-0.05, 0) is 33.1 Å². The average Bonchev–Trinajstić information content (AvgIpc) is 2.72. The lowest BCUT2D eigenvalue weighted by molar-refractivity contribution is -0.209. The van der Waals surface area contributed by atoms with Crippen molar-refractivity contribution in [2.24, 2.45) is 0 Å². The van der Waals surface area contributed by atoms with Crippen LogP contribution in [0.4, 0.5) is 0 Å². The third-order valence-corrected chi connectivity index (χ3v) is 5.67. The number of carbonyl (C=O) groups excluding carboxylic acids is 1. The van der Waals surface area contributed by atoms with Crippen LogP contribution in [0.2, 0.25) is 0 Å². The topological polar surface area (TPSA) is 108 Å². The molecule has 0 radical (unpaired) electrons. The predicted octanol–water partition coefficient (Wildman–Crippen LogP) is 2.56. The molecule has 192 valence electrons. The molecule has 0 aliphatic rings. The number of rotatable bonds is 24. The van der Waals surface area contributed by atoms with E-state index >= 15 is 0 Å². The van der Waals surface area contributed by atoms with E-state index in [4.69, 9.17) is 39.8 Å². The van der Waals surface area contributed by atoms with E-state index in [9.17, 15) is 9.69 Å². The predicted molar refractivity (Wildman–Crippen MR) is 126 cm³/mol. The average molecular weight is 501 g/mol. The Morgan fingerprint density at radius 3 is 1.94 bits per heavy atom. The zero-order valence-electron chi connectivity index (χ0n) is 20.0. The van der Waals surface area contributed by atoms with Crippen LogP contribution < -0.4 is 10.2 Å². The molecule has 0 aliphatic heterocycles. The van der Waals surface area contributed by atoms with E-state index in [1.807, 2.05) is 0 Å². The number of amides is 1. The summed E-state index contributed by atoms with van der Waals surface area (Å²) in [7, 11) is 0. The van der Waals surface area contributed by atoms with Gasteiger partial charge in [0.15, 0.2) is 0 Å². The van der Waals surface area contributed by atoms with E-state index in [1.165, 1.54) is 0 Å². The monoisotopic (exact) mass is 500 g/mol. The summed E-state index contributed by atoms with van der Waals surface area (Å²) in [6.07, 6.45) is 4.62. The van der Waals surface area contributed by atoms with E-state index in [0.29, 0.717) is 65.8 Å². The Morgan fingerprint density at radius 2 is 1.38 bits per heavy atom. The molecule has 0 saturated carbocycles. The van der Waals surface area contributed by atoms with Gasteiger partial charge in [0.05, 0.1) is 59.0 Å². The quantitative estimate of drug-likeness (QED) is 0.158. The van der Waals surface area contributed by atoms with Crippen LogP contribution in [0.15, 0.2) is 0 Å².